The Morgan fingerprint density at radius 3 is 2.91 bits per heavy atom. The molecule has 1 N–H and O–H groups in total. The third-order valence-corrected chi connectivity index (χ3v) is 7.18. The fraction of sp³-hybridized carbons (Fsp3) is 0.407. The zero-order valence-corrected chi connectivity index (χ0v) is 20.3. The van der Waals surface area contributed by atoms with Crippen molar-refractivity contribution in [2.75, 3.05) is 32.6 Å². The molecule has 1 atom stereocenters. The summed E-state index contributed by atoms with van der Waals surface area (Å²) in [5.74, 6) is 0.939. The predicted octanol–water partition coefficient (Wildman–Crippen LogP) is 5.19. The number of fused-ring (bicyclic) bond motifs is 1. The summed E-state index contributed by atoms with van der Waals surface area (Å²) in [5, 5.41) is 4.31. The number of nitrogens with one attached hydrogen (secondary N) is 1. The van der Waals surface area contributed by atoms with Crippen LogP contribution in [0.2, 0.25) is 0 Å². The molecular formula is C27H31FN2O3S. The van der Waals surface area contributed by atoms with Gasteiger partial charge in [0.15, 0.2) is 0 Å². The minimum Gasteiger partial charge on any atom is -0.497 e. The van der Waals surface area contributed by atoms with E-state index in [0.717, 1.165) is 60.9 Å². The van der Waals surface area contributed by atoms with Crippen molar-refractivity contribution in [1.82, 2.24) is 10.3 Å². The van der Waals surface area contributed by atoms with Crippen LogP contribution in [0.25, 0.3) is 10.9 Å². The molecule has 0 radical (unpaired) electrons. The van der Waals surface area contributed by atoms with Crippen LogP contribution >= 0.6 is 11.8 Å². The Kier molecular flexibility index (Phi) is 8.77. The lowest BCUT2D eigenvalue weighted by Crippen LogP contribution is -2.35. The van der Waals surface area contributed by atoms with Gasteiger partial charge in [0.1, 0.15) is 18.2 Å². The molecule has 0 saturated carbocycles. The van der Waals surface area contributed by atoms with Crippen LogP contribution in [0.1, 0.15) is 30.4 Å². The number of halogens is 1. The molecule has 3 aromatic rings. The molecule has 1 saturated heterocycles. The maximum absolute atomic E-state index is 14.6. The Labute approximate surface area is 204 Å². The molecule has 0 aliphatic carbocycles. The largest absolute Gasteiger partial charge is 0.497 e. The molecule has 0 spiro atoms. The van der Waals surface area contributed by atoms with Crippen molar-refractivity contribution in [1.29, 1.82) is 0 Å². The number of nitrogens with zero attached hydrogens (tertiary/aromatic N) is 1. The Hall–Kier alpha value is -2.64. The highest BCUT2D eigenvalue weighted by Crippen LogP contribution is 2.26. The third-order valence-electron chi connectivity index (χ3n) is 6.16. The molecule has 2 heterocycles. The predicted molar refractivity (Wildman–Crippen MR) is 134 cm³/mol. The van der Waals surface area contributed by atoms with E-state index >= 15 is 0 Å². The van der Waals surface area contributed by atoms with Gasteiger partial charge in [0.25, 0.3) is 0 Å². The molecule has 4 rings (SSSR count). The van der Waals surface area contributed by atoms with Crippen molar-refractivity contribution < 1.29 is 18.7 Å². The number of piperidine rings is 1. The number of rotatable bonds is 10. The lowest BCUT2D eigenvalue weighted by molar-refractivity contribution is -0.148. The number of hydrogen-bond acceptors (Lipinski definition) is 6. The quantitative estimate of drug-likeness (QED) is 0.244. The zero-order chi connectivity index (χ0) is 23.8. The molecule has 180 valence electrons. The van der Waals surface area contributed by atoms with Crippen LogP contribution in [0.3, 0.4) is 0 Å². The highest BCUT2D eigenvalue weighted by Gasteiger charge is 2.22. The monoisotopic (exact) mass is 482 g/mol. The van der Waals surface area contributed by atoms with E-state index in [1.807, 2.05) is 42.6 Å². The van der Waals surface area contributed by atoms with Gasteiger partial charge in [-0.15, -0.1) is 11.8 Å². The SMILES string of the molecule is COc1ccc2nccc(CCCc3ccc(SCCOC(=O)[C@@H]4CCCNC4)c(F)c3)c2c1. The van der Waals surface area contributed by atoms with E-state index in [9.17, 15) is 9.18 Å². The first-order chi connectivity index (χ1) is 16.6. The van der Waals surface area contributed by atoms with Gasteiger partial charge in [-0.2, -0.15) is 0 Å². The number of ether oxygens (including phenoxy) is 2. The highest BCUT2D eigenvalue weighted by molar-refractivity contribution is 7.99. The minimum absolute atomic E-state index is 0.0538. The second-order valence-electron chi connectivity index (χ2n) is 8.53. The first kappa shape index (κ1) is 24.5. The fourth-order valence-corrected chi connectivity index (χ4v) is 5.04. The van der Waals surface area contributed by atoms with Gasteiger partial charge in [0.2, 0.25) is 0 Å². The van der Waals surface area contributed by atoms with E-state index < -0.39 is 0 Å². The number of thioether (sulfide) groups is 1. The minimum atomic E-state index is -0.218. The summed E-state index contributed by atoms with van der Waals surface area (Å²) in [4.78, 5) is 17.1. The lowest BCUT2D eigenvalue weighted by Gasteiger charge is -2.21. The third kappa shape index (κ3) is 6.48. The number of aryl methyl sites for hydroxylation is 2. The molecule has 1 aliphatic heterocycles. The normalized spacial score (nSPS) is 15.9. The summed E-state index contributed by atoms with van der Waals surface area (Å²) in [6.07, 6.45) is 6.29. The molecule has 2 aromatic carbocycles. The number of pyridine rings is 1. The average Bonchev–Trinajstić information content (AvgIpc) is 2.88. The number of carbonyl (C=O) groups is 1. The van der Waals surface area contributed by atoms with Crippen LogP contribution < -0.4 is 10.1 Å². The molecule has 0 unspecified atom stereocenters. The van der Waals surface area contributed by atoms with Crippen LogP contribution in [-0.2, 0) is 22.4 Å². The van der Waals surface area contributed by atoms with Crippen molar-refractivity contribution in [3.8, 4) is 5.75 Å². The van der Waals surface area contributed by atoms with E-state index in [1.54, 1.807) is 13.2 Å². The number of hydrogen-bond donors (Lipinski definition) is 1. The van der Waals surface area contributed by atoms with Gasteiger partial charge in [0.05, 0.1) is 18.5 Å². The van der Waals surface area contributed by atoms with Crippen molar-refractivity contribution in [2.45, 2.75) is 37.0 Å². The molecule has 0 amide bonds. The number of esters is 1. The number of carbonyl (C=O) groups excluding carboxylic acids is 1. The smallest absolute Gasteiger partial charge is 0.310 e. The van der Waals surface area contributed by atoms with E-state index in [-0.39, 0.29) is 17.7 Å². The van der Waals surface area contributed by atoms with Gasteiger partial charge in [-0.25, -0.2) is 4.39 Å². The topological polar surface area (TPSA) is 60.5 Å². The Morgan fingerprint density at radius 1 is 1.21 bits per heavy atom. The van der Waals surface area contributed by atoms with Crippen LogP contribution in [0.5, 0.6) is 5.75 Å². The van der Waals surface area contributed by atoms with Crippen LogP contribution in [0.15, 0.2) is 53.6 Å². The fourth-order valence-electron chi connectivity index (χ4n) is 4.29. The summed E-state index contributed by atoms with van der Waals surface area (Å²) >= 11 is 1.38. The van der Waals surface area contributed by atoms with Gasteiger partial charge < -0.3 is 14.8 Å². The molecular weight excluding hydrogens is 451 g/mol. The second-order valence-corrected chi connectivity index (χ2v) is 9.67. The molecule has 5 nitrogen and oxygen atoms in total. The maximum atomic E-state index is 14.6. The molecule has 34 heavy (non-hydrogen) atoms. The zero-order valence-electron chi connectivity index (χ0n) is 19.5. The Morgan fingerprint density at radius 2 is 2.12 bits per heavy atom. The summed E-state index contributed by atoms with van der Waals surface area (Å²) in [6, 6.07) is 13.4. The van der Waals surface area contributed by atoms with Crippen molar-refractivity contribution >= 4 is 28.6 Å². The highest BCUT2D eigenvalue weighted by atomic mass is 32.2. The molecule has 1 fully saturated rings. The standard InChI is InChI=1S/C27H31FN2O3S/c1-32-22-8-9-25-23(17-22)20(11-13-30-25)5-2-4-19-7-10-26(24(28)16-19)34-15-14-33-27(31)21-6-3-12-29-18-21/h7-11,13,16-17,21,29H,2-6,12,14-15,18H2,1H3/t21-/m1/s1. The van der Waals surface area contributed by atoms with E-state index in [2.05, 4.69) is 10.3 Å². The van der Waals surface area contributed by atoms with Crippen molar-refractivity contribution in [2.24, 2.45) is 5.92 Å². The van der Waals surface area contributed by atoms with E-state index in [1.165, 1.54) is 17.3 Å². The first-order valence-corrected chi connectivity index (χ1v) is 12.8. The van der Waals surface area contributed by atoms with Crippen molar-refractivity contribution in [3.63, 3.8) is 0 Å². The number of aromatic nitrogens is 1. The summed E-state index contributed by atoms with van der Waals surface area (Å²) in [7, 11) is 1.66. The average molecular weight is 483 g/mol. The van der Waals surface area contributed by atoms with Crippen LogP contribution in [-0.4, -0.2) is 43.5 Å². The van der Waals surface area contributed by atoms with Crippen LogP contribution in [0, 0.1) is 11.7 Å². The van der Waals surface area contributed by atoms with Gasteiger partial charge in [0, 0.05) is 28.8 Å². The van der Waals surface area contributed by atoms with Gasteiger partial charge in [-0.3, -0.25) is 9.78 Å². The van der Waals surface area contributed by atoms with Crippen molar-refractivity contribution in [3.05, 3.63) is 65.6 Å². The summed E-state index contributed by atoms with van der Waals surface area (Å²) in [5.41, 5.74) is 3.15. The second kappa shape index (κ2) is 12.2. The summed E-state index contributed by atoms with van der Waals surface area (Å²) in [6.45, 7) is 1.95. The van der Waals surface area contributed by atoms with E-state index in [4.69, 9.17) is 9.47 Å². The maximum Gasteiger partial charge on any atom is 0.310 e. The van der Waals surface area contributed by atoms with Gasteiger partial charge in [-0.05, 0) is 86.2 Å². The Balaban J connectivity index is 1.24. The lowest BCUT2D eigenvalue weighted by atomic mass is 10.0. The molecule has 0 bridgehead atoms. The number of methoxy groups -OCH3 is 1. The van der Waals surface area contributed by atoms with E-state index in [0.29, 0.717) is 23.8 Å². The van der Waals surface area contributed by atoms with Crippen LogP contribution in [0.4, 0.5) is 4.39 Å². The Bertz CT molecular complexity index is 1120. The number of benzene rings is 2. The molecule has 7 heteroatoms. The van der Waals surface area contributed by atoms with Gasteiger partial charge in [-0.1, -0.05) is 6.07 Å². The molecule has 1 aromatic heterocycles. The summed E-state index contributed by atoms with van der Waals surface area (Å²) < 4.78 is 25.3. The first-order valence-electron chi connectivity index (χ1n) is 11.8. The van der Waals surface area contributed by atoms with Gasteiger partial charge >= 0.3 is 5.97 Å². The molecule has 1 aliphatic rings.